The summed E-state index contributed by atoms with van der Waals surface area (Å²) in [5.41, 5.74) is 24.2. The molecule has 4 aliphatic rings. The second-order valence-electron chi connectivity index (χ2n) is 20.3. The second-order valence-corrected chi connectivity index (χ2v) is 20.3. The summed E-state index contributed by atoms with van der Waals surface area (Å²) in [6, 6.07) is 95.0. The Morgan fingerprint density at radius 3 is 1.84 bits per heavy atom. The number of furan rings is 1. The zero-order valence-corrected chi connectivity index (χ0v) is 40.4. The molecule has 74 heavy (non-hydrogen) atoms. The summed E-state index contributed by atoms with van der Waals surface area (Å²) >= 11 is 0. The van der Waals surface area contributed by atoms with E-state index in [1.54, 1.807) is 0 Å². The summed E-state index contributed by atoms with van der Waals surface area (Å²) in [6.45, 7) is 0. The fraction of sp³-hybridized carbons (Fsp3) is 0.0556. The van der Waals surface area contributed by atoms with Crippen molar-refractivity contribution in [1.82, 2.24) is 0 Å². The Bertz CT molecular complexity index is 4340. The SMILES string of the molecule is c1ccc2c(c#1)-c1c(N(C3=CC=C(c4cccc5c4oc4ccccc45)CC3)c3cccc4c3C3(c5ccccc5-4)c4ccccc4-c4c3ccc3ccccc43)cccc1C2(c1ccccc1)c1ccccc1. The number of rotatable bonds is 6. The maximum atomic E-state index is 6.67. The maximum Gasteiger partial charge on any atom is 0.142 e. The van der Waals surface area contributed by atoms with Crippen LogP contribution in [0.25, 0.3) is 71.7 Å². The van der Waals surface area contributed by atoms with Crippen molar-refractivity contribution in [3.63, 3.8) is 0 Å². The number of benzene rings is 10. The average molecular weight is 940 g/mol. The second kappa shape index (κ2) is 15.5. The van der Waals surface area contributed by atoms with Gasteiger partial charge in [0.1, 0.15) is 11.2 Å². The molecule has 0 saturated heterocycles. The third-order valence-corrected chi connectivity index (χ3v) is 16.9. The Balaban J connectivity index is 1.01. The van der Waals surface area contributed by atoms with Crippen LogP contribution < -0.4 is 4.90 Å². The van der Waals surface area contributed by atoms with Crippen molar-refractivity contribution in [2.45, 2.75) is 23.7 Å². The summed E-state index contributed by atoms with van der Waals surface area (Å²) in [5.74, 6) is 0. The van der Waals surface area contributed by atoms with Crippen molar-refractivity contribution in [3.8, 4) is 33.4 Å². The minimum atomic E-state index is -0.614. The van der Waals surface area contributed by atoms with Gasteiger partial charge in [-0.2, -0.15) is 0 Å². The summed E-state index contributed by atoms with van der Waals surface area (Å²) in [4.78, 5) is 2.65. The Morgan fingerprint density at radius 1 is 0.405 bits per heavy atom. The quantitative estimate of drug-likeness (QED) is 0.165. The van der Waals surface area contributed by atoms with Crippen molar-refractivity contribution >= 4 is 49.7 Å². The number of hydrogen-bond acceptors (Lipinski definition) is 2. The Labute approximate surface area is 430 Å². The number of allylic oxidation sites excluding steroid dienone is 4. The van der Waals surface area contributed by atoms with Crippen LogP contribution in [0.15, 0.2) is 259 Å². The van der Waals surface area contributed by atoms with Gasteiger partial charge in [0.05, 0.1) is 22.2 Å². The van der Waals surface area contributed by atoms with Crippen LogP contribution in [-0.4, -0.2) is 0 Å². The Morgan fingerprint density at radius 2 is 1.03 bits per heavy atom. The lowest BCUT2D eigenvalue weighted by Crippen LogP contribution is -2.30. The van der Waals surface area contributed by atoms with Crippen LogP contribution in [0.3, 0.4) is 0 Å². The zero-order chi connectivity index (χ0) is 48.5. The molecule has 344 valence electrons. The van der Waals surface area contributed by atoms with E-state index < -0.39 is 10.8 Å². The molecule has 0 aliphatic heterocycles. The molecule has 4 aliphatic carbocycles. The highest BCUT2D eigenvalue weighted by molar-refractivity contribution is 6.10. The first kappa shape index (κ1) is 41.2. The summed E-state index contributed by atoms with van der Waals surface area (Å²) in [5, 5.41) is 4.83. The highest BCUT2D eigenvalue weighted by Crippen LogP contribution is 2.67. The van der Waals surface area contributed by atoms with E-state index in [1.807, 2.05) is 6.07 Å². The molecule has 1 spiro atoms. The molecule has 1 unspecified atom stereocenters. The van der Waals surface area contributed by atoms with E-state index in [9.17, 15) is 0 Å². The van der Waals surface area contributed by atoms with Gasteiger partial charge in [-0.15, -0.1) is 0 Å². The van der Waals surface area contributed by atoms with Gasteiger partial charge < -0.3 is 9.32 Å². The van der Waals surface area contributed by atoms with E-state index in [0.29, 0.717) is 0 Å². The summed E-state index contributed by atoms with van der Waals surface area (Å²) < 4.78 is 6.67. The fourth-order valence-electron chi connectivity index (χ4n) is 14.1. The number of fused-ring (bicyclic) bond motifs is 18. The van der Waals surface area contributed by atoms with Crippen LogP contribution in [0.1, 0.15) is 62.9 Å². The predicted octanol–water partition coefficient (Wildman–Crippen LogP) is 17.9. The van der Waals surface area contributed by atoms with Crippen molar-refractivity contribution < 1.29 is 4.42 Å². The lowest BCUT2D eigenvalue weighted by molar-refractivity contribution is 0.667. The summed E-state index contributed by atoms with van der Waals surface area (Å²) in [7, 11) is 0. The number of anilines is 2. The van der Waals surface area contributed by atoms with E-state index in [1.165, 1.54) is 100 Å². The van der Waals surface area contributed by atoms with E-state index >= 15 is 0 Å². The van der Waals surface area contributed by atoms with Crippen LogP contribution in [0.4, 0.5) is 11.4 Å². The standard InChI is InChI=1S/C72H45NO/c1-3-21-48(22-4-1)71(49-23-5-2-6-24-49)60-34-14-11-29-58(60)68-62(71)36-19-37-64(68)73(50-43-40-47(41-44-50)52-30-17-32-56-54-27-12-16-39-66(54)74-70(52)56)65-38-18-31-55-53-26-9-13-33-59(53)72(69(55)65)61-35-15-10-28-57(61)67-51-25-8-7-20-46(51)42-45-63(67)72/h1-10,12-28,30-40,42-43,45H,41,44H2. The molecule has 11 aromatic carbocycles. The first-order valence-electron chi connectivity index (χ1n) is 25.9. The lowest BCUT2D eigenvalue weighted by atomic mass is 9.68. The molecular weight excluding hydrogens is 895 g/mol. The topological polar surface area (TPSA) is 16.4 Å². The molecule has 0 fully saturated rings. The first-order valence-corrected chi connectivity index (χ1v) is 25.9. The van der Waals surface area contributed by atoms with Gasteiger partial charge in [0.25, 0.3) is 0 Å². The molecule has 2 nitrogen and oxygen atoms in total. The number of para-hydroxylation sites is 2. The third kappa shape index (κ3) is 5.35. The van der Waals surface area contributed by atoms with Gasteiger partial charge in [0.15, 0.2) is 0 Å². The van der Waals surface area contributed by atoms with Gasteiger partial charge >= 0.3 is 0 Å². The monoisotopic (exact) mass is 939 g/mol. The molecule has 1 atom stereocenters. The van der Waals surface area contributed by atoms with Gasteiger partial charge in [-0.3, -0.25) is 0 Å². The van der Waals surface area contributed by atoms with Crippen LogP contribution in [-0.2, 0) is 10.8 Å². The maximum absolute atomic E-state index is 6.67. The third-order valence-electron chi connectivity index (χ3n) is 16.9. The fourth-order valence-corrected chi connectivity index (χ4v) is 14.1. The number of nitrogens with zero attached hydrogens (tertiary/aromatic N) is 1. The van der Waals surface area contributed by atoms with Crippen LogP contribution in [0, 0.1) is 12.1 Å². The molecule has 0 amide bonds. The van der Waals surface area contributed by atoms with Crippen LogP contribution >= 0.6 is 0 Å². The van der Waals surface area contributed by atoms with Crippen molar-refractivity contribution in [2.24, 2.45) is 0 Å². The number of hydrogen-bond donors (Lipinski definition) is 0. The van der Waals surface area contributed by atoms with Gasteiger partial charge in [-0.1, -0.05) is 224 Å². The van der Waals surface area contributed by atoms with Crippen molar-refractivity contribution in [3.05, 3.63) is 317 Å². The largest absolute Gasteiger partial charge is 0.455 e. The molecule has 16 rings (SSSR count). The normalized spacial score (nSPS) is 16.2. The molecular formula is C72H45NO. The smallest absolute Gasteiger partial charge is 0.142 e. The van der Waals surface area contributed by atoms with E-state index in [2.05, 4.69) is 260 Å². The van der Waals surface area contributed by atoms with E-state index in [-0.39, 0.29) is 0 Å². The Kier molecular flexibility index (Phi) is 8.66. The molecule has 12 aromatic rings. The molecule has 0 radical (unpaired) electrons. The molecule has 0 N–H and O–H groups in total. The summed E-state index contributed by atoms with van der Waals surface area (Å²) in [6.07, 6.45) is 6.40. The first-order chi connectivity index (χ1) is 36.7. The van der Waals surface area contributed by atoms with Crippen LogP contribution in [0.2, 0.25) is 0 Å². The van der Waals surface area contributed by atoms with Crippen molar-refractivity contribution in [2.75, 3.05) is 4.90 Å². The average Bonchev–Trinajstić information content (AvgIpc) is 4.22. The molecule has 1 aromatic heterocycles. The molecule has 0 saturated carbocycles. The minimum absolute atomic E-state index is 0.611. The van der Waals surface area contributed by atoms with Crippen LogP contribution in [0.5, 0.6) is 0 Å². The van der Waals surface area contributed by atoms with Gasteiger partial charge in [-0.05, 0) is 127 Å². The highest BCUT2D eigenvalue weighted by Gasteiger charge is 2.54. The van der Waals surface area contributed by atoms with Gasteiger partial charge in [-0.25, -0.2) is 0 Å². The van der Waals surface area contributed by atoms with E-state index in [0.717, 1.165) is 51.6 Å². The minimum Gasteiger partial charge on any atom is -0.455 e. The zero-order valence-electron chi connectivity index (χ0n) is 40.4. The predicted molar refractivity (Wildman–Crippen MR) is 303 cm³/mol. The van der Waals surface area contributed by atoms with Gasteiger partial charge in [0.2, 0.25) is 0 Å². The Hall–Kier alpha value is -9.42. The molecule has 0 bridgehead atoms. The van der Waals surface area contributed by atoms with Crippen molar-refractivity contribution in [1.29, 1.82) is 0 Å². The van der Waals surface area contributed by atoms with E-state index in [4.69, 9.17) is 4.42 Å². The molecule has 2 heteroatoms. The highest BCUT2D eigenvalue weighted by atomic mass is 16.3. The molecule has 1 heterocycles. The van der Waals surface area contributed by atoms with Gasteiger partial charge in [0, 0.05) is 38.7 Å². The lowest BCUT2D eigenvalue weighted by Gasteiger charge is -2.38.